The van der Waals surface area contributed by atoms with E-state index in [-0.39, 0.29) is 0 Å². The maximum absolute atomic E-state index is 11.3. The summed E-state index contributed by atoms with van der Waals surface area (Å²) < 4.78 is 0. The van der Waals surface area contributed by atoms with Crippen LogP contribution in [0.2, 0.25) is 0 Å². The molecule has 0 radical (unpaired) electrons. The van der Waals surface area contributed by atoms with E-state index in [1.807, 2.05) is 13.0 Å². The Balaban J connectivity index is 2.21. The minimum absolute atomic E-state index is 0.295. The number of aromatic carboxylic acids is 1. The minimum atomic E-state index is -0.916. The third-order valence-corrected chi connectivity index (χ3v) is 3.33. The van der Waals surface area contributed by atoms with Crippen molar-refractivity contribution in [1.82, 2.24) is 4.98 Å². The van der Waals surface area contributed by atoms with Crippen LogP contribution in [0.5, 0.6) is 0 Å². The van der Waals surface area contributed by atoms with E-state index >= 15 is 0 Å². The predicted molar refractivity (Wildman–Crippen MR) is 71.1 cm³/mol. The molecule has 1 aliphatic carbocycles. The smallest absolute Gasteiger partial charge is 0.339 e. The highest BCUT2D eigenvalue weighted by Crippen LogP contribution is 2.34. The highest BCUT2D eigenvalue weighted by molar-refractivity contribution is 5.95. The first-order valence-electron chi connectivity index (χ1n) is 6.45. The van der Waals surface area contributed by atoms with E-state index in [4.69, 9.17) is 0 Å². The number of pyridine rings is 1. The summed E-state index contributed by atoms with van der Waals surface area (Å²) in [7, 11) is 0. The van der Waals surface area contributed by atoms with Crippen molar-refractivity contribution in [1.29, 1.82) is 0 Å². The molecule has 1 aliphatic rings. The van der Waals surface area contributed by atoms with Gasteiger partial charge in [0, 0.05) is 11.7 Å². The Morgan fingerprint density at radius 2 is 2.22 bits per heavy atom. The van der Waals surface area contributed by atoms with E-state index in [1.54, 1.807) is 6.92 Å². The molecule has 0 spiro atoms. The summed E-state index contributed by atoms with van der Waals surface area (Å²) in [5.74, 6) is -0.0917. The van der Waals surface area contributed by atoms with Crippen molar-refractivity contribution in [2.75, 3.05) is 5.32 Å². The second-order valence-corrected chi connectivity index (χ2v) is 5.30. The number of hydrogen-bond donors (Lipinski definition) is 2. The summed E-state index contributed by atoms with van der Waals surface area (Å²) in [5, 5.41) is 12.6. The van der Waals surface area contributed by atoms with Gasteiger partial charge in [-0.25, -0.2) is 4.79 Å². The van der Waals surface area contributed by atoms with Crippen LogP contribution in [0.1, 0.15) is 47.9 Å². The van der Waals surface area contributed by atoms with Gasteiger partial charge in [0.05, 0.1) is 11.4 Å². The van der Waals surface area contributed by atoms with Crippen LogP contribution in [0, 0.1) is 19.8 Å². The standard InChI is InChI=1S/C14H20N2O2/c1-8(6-11-4-5-11)16-12-7-9(2)15-10(3)13(12)14(17)18/h7-8,11H,4-6H2,1-3H3,(H,15,16)(H,17,18). The van der Waals surface area contributed by atoms with Gasteiger partial charge in [0.15, 0.2) is 0 Å². The number of aryl methyl sites for hydroxylation is 2. The highest BCUT2D eigenvalue weighted by atomic mass is 16.4. The van der Waals surface area contributed by atoms with Crippen LogP contribution in [0.25, 0.3) is 0 Å². The molecule has 1 aromatic heterocycles. The minimum Gasteiger partial charge on any atom is -0.478 e. The Morgan fingerprint density at radius 1 is 1.56 bits per heavy atom. The van der Waals surface area contributed by atoms with Gasteiger partial charge in [-0.2, -0.15) is 0 Å². The van der Waals surface area contributed by atoms with E-state index in [2.05, 4.69) is 17.2 Å². The van der Waals surface area contributed by atoms with E-state index in [0.29, 0.717) is 23.0 Å². The lowest BCUT2D eigenvalue weighted by molar-refractivity contribution is 0.0696. The van der Waals surface area contributed by atoms with Crippen molar-refractivity contribution in [3.63, 3.8) is 0 Å². The van der Waals surface area contributed by atoms with Gasteiger partial charge in [-0.1, -0.05) is 12.8 Å². The molecule has 0 saturated heterocycles. The third kappa shape index (κ3) is 3.00. The van der Waals surface area contributed by atoms with Gasteiger partial charge >= 0.3 is 5.97 Å². The van der Waals surface area contributed by atoms with Crippen molar-refractivity contribution in [3.8, 4) is 0 Å². The Bertz CT molecular complexity index is 467. The zero-order valence-electron chi connectivity index (χ0n) is 11.2. The number of rotatable bonds is 5. The molecular weight excluding hydrogens is 228 g/mol. The highest BCUT2D eigenvalue weighted by Gasteiger charge is 2.24. The van der Waals surface area contributed by atoms with Crippen LogP contribution in [-0.4, -0.2) is 22.1 Å². The first-order valence-corrected chi connectivity index (χ1v) is 6.45. The van der Waals surface area contributed by atoms with Gasteiger partial charge in [0.1, 0.15) is 5.56 Å². The second kappa shape index (κ2) is 4.96. The topological polar surface area (TPSA) is 62.2 Å². The molecule has 1 saturated carbocycles. The molecule has 4 nitrogen and oxygen atoms in total. The average Bonchev–Trinajstić information content (AvgIpc) is 2.98. The number of carboxylic acid groups (broad SMARTS) is 1. The number of hydrogen-bond acceptors (Lipinski definition) is 3. The monoisotopic (exact) mass is 248 g/mol. The number of nitrogens with one attached hydrogen (secondary N) is 1. The molecule has 0 amide bonds. The molecule has 1 heterocycles. The van der Waals surface area contributed by atoms with Crippen molar-refractivity contribution in [2.45, 2.75) is 46.1 Å². The lowest BCUT2D eigenvalue weighted by Crippen LogP contribution is -2.19. The lowest BCUT2D eigenvalue weighted by atomic mass is 10.1. The van der Waals surface area contributed by atoms with Crippen molar-refractivity contribution in [2.24, 2.45) is 5.92 Å². The van der Waals surface area contributed by atoms with E-state index in [0.717, 1.165) is 18.0 Å². The van der Waals surface area contributed by atoms with Crippen LogP contribution in [0.15, 0.2) is 6.07 Å². The SMILES string of the molecule is Cc1cc(NC(C)CC2CC2)c(C(=O)O)c(C)n1. The molecule has 1 atom stereocenters. The fraction of sp³-hybridized carbons (Fsp3) is 0.571. The zero-order chi connectivity index (χ0) is 13.3. The molecule has 1 unspecified atom stereocenters. The molecule has 2 rings (SSSR count). The summed E-state index contributed by atoms with van der Waals surface area (Å²) >= 11 is 0. The van der Waals surface area contributed by atoms with Gasteiger partial charge in [-0.05, 0) is 39.2 Å². The number of anilines is 1. The Morgan fingerprint density at radius 3 is 2.78 bits per heavy atom. The Hall–Kier alpha value is -1.58. The summed E-state index contributed by atoms with van der Waals surface area (Å²) in [4.78, 5) is 15.5. The fourth-order valence-electron chi connectivity index (χ4n) is 2.39. The number of carboxylic acids is 1. The van der Waals surface area contributed by atoms with E-state index in [1.165, 1.54) is 12.8 Å². The number of carbonyl (C=O) groups is 1. The van der Waals surface area contributed by atoms with E-state index in [9.17, 15) is 9.90 Å². The van der Waals surface area contributed by atoms with Gasteiger partial charge in [-0.15, -0.1) is 0 Å². The van der Waals surface area contributed by atoms with Gasteiger partial charge in [0.2, 0.25) is 0 Å². The van der Waals surface area contributed by atoms with E-state index < -0.39 is 5.97 Å². The van der Waals surface area contributed by atoms with Crippen LogP contribution in [-0.2, 0) is 0 Å². The van der Waals surface area contributed by atoms with Crippen LogP contribution >= 0.6 is 0 Å². The second-order valence-electron chi connectivity index (χ2n) is 5.30. The average molecular weight is 248 g/mol. The molecular formula is C14H20N2O2. The van der Waals surface area contributed by atoms with Crippen LogP contribution in [0.3, 0.4) is 0 Å². The normalized spacial score (nSPS) is 16.4. The first kappa shape index (κ1) is 12.9. The molecule has 98 valence electrons. The molecule has 1 fully saturated rings. The van der Waals surface area contributed by atoms with Crippen molar-refractivity contribution < 1.29 is 9.90 Å². The maximum atomic E-state index is 11.3. The molecule has 18 heavy (non-hydrogen) atoms. The van der Waals surface area contributed by atoms with Gasteiger partial charge < -0.3 is 10.4 Å². The van der Waals surface area contributed by atoms with Crippen LogP contribution < -0.4 is 5.32 Å². The van der Waals surface area contributed by atoms with Crippen LogP contribution in [0.4, 0.5) is 5.69 Å². The molecule has 0 aliphatic heterocycles. The predicted octanol–water partition coefficient (Wildman–Crippen LogP) is 3.00. The zero-order valence-corrected chi connectivity index (χ0v) is 11.2. The summed E-state index contributed by atoms with van der Waals surface area (Å²) in [6.07, 6.45) is 3.73. The van der Waals surface area contributed by atoms with Gasteiger partial charge in [0.25, 0.3) is 0 Å². The summed E-state index contributed by atoms with van der Waals surface area (Å²) in [6.45, 7) is 5.73. The number of aromatic nitrogens is 1. The fourth-order valence-corrected chi connectivity index (χ4v) is 2.39. The summed E-state index contributed by atoms with van der Waals surface area (Å²) in [5.41, 5.74) is 2.41. The van der Waals surface area contributed by atoms with Gasteiger partial charge in [-0.3, -0.25) is 4.98 Å². The molecule has 0 aromatic carbocycles. The number of nitrogens with zero attached hydrogens (tertiary/aromatic N) is 1. The molecule has 2 N–H and O–H groups in total. The third-order valence-electron chi connectivity index (χ3n) is 3.33. The van der Waals surface area contributed by atoms with Crippen molar-refractivity contribution >= 4 is 11.7 Å². The molecule has 0 bridgehead atoms. The Labute approximate surface area is 107 Å². The largest absolute Gasteiger partial charge is 0.478 e. The molecule has 4 heteroatoms. The quantitative estimate of drug-likeness (QED) is 0.840. The first-order chi connectivity index (χ1) is 8.47. The molecule has 1 aromatic rings. The Kier molecular flexibility index (Phi) is 3.55. The summed E-state index contributed by atoms with van der Waals surface area (Å²) in [6, 6.07) is 2.12. The lowest BCUT2D eigenvalue weighted by Gasteiger charge is -2.18. The van der Waals surface area contributed by atoms with Crippen molar-refractivity contribution in [3.05, 3.63) is 23.0 Å². The maximum Gasteiger partial charge on any atom is 0.339 e.